The Labute approximate surface area is 147 Å². The van der Waals surface area contributed by atoms with Crippen molar-refractivity contribution in [2.24, 2.45) is 5.41 Å². The summed E-state index contributed by atoms with van der Waals surface area (Å²) in [6.07, 6.45) is -0.735. The first-order valence-electron chi connectivity index (χ1n) is 9.05. The highest BCUT2D eigenvalue weighted by atomic mass is 16.3. The molecular formula is C20H34N2O2. The number of aliphatic hydroxyl groups is 2. The second-order valence-corrected chi connectivity index (χ2v) is 8.34. The van der Waals surface area contributed by atoms with Gasteiger partial charge in [-0.2, -0.15) is 0 Å². The minimum atomic E-state index is -0.434. The summed E-state index contributed by atoms with van der Waals surface area (Å²) in [5, 5.41) is 20.8. The topological polar surface area (TPSA) is 46.9 Å². The Bertz CT molecular complexity index is 531. The molecule has 1 aliphatic heterocycles. The summed E-state index contributed by atoms with van der Waals surface area (Å²) in [6, 6.07) is 6.21. The Morgan fingerprint density at radius 1 is 0.917 bits per heavy atom. The van der Waals surface area contributed by atoms with Gasteiger partial charge in [0.05, 0.1) is 12.2 Å². The molecule has 2 N–H and O–H groups in total. The standard InChI is InChI=1S/C20H34N2O2/c1-15-6-7-17(12-16(15)2)18(23)13-21-8-10-22(11-9-21)14-19(24)20(3,4)5/h6-7,12,18-19,23-24H,8-11,13-14H2,1-5H3/t18-,19-/m1/s1. The smallest absolute Gasteiger partial charge is 0.0917 e. The van der Waals surface area contributed by atoms with Crippen molar-refractivity contribution in [3.8, 4) is 0 Å². The predicted molar refractivity (Wildman–Crippen MR) is 99.2 cm³/mol. The summed E-state index contributed by atoms with van der Waals surface area (Å²) in [5.74, 6) is 0. The van der Waals surface area contributed by atoms with Crippen molar-refractivity contribution in [1.82, 2.24) is 9.80 Å². The summed E-state index contributed by atoms with van der Waals surface area (Å²) in [5.41, 5.74) is 3.42. The molecule has 136 valence electrons. The molecule has 1 fully saturated rings. The number of hydrogen-bond acceptors (Lipinski definition) is 4. The normalized spacial score (nSPS) is 20.1. The van der Waals surface area contributed by atoms with E-state index in [-0.39, 0.29) is 11.5 Å². The molecular weight excluding hydrogens is 300 g/mol. The minimum Gasteiger partial charge on any atom is -0.391 e. The number of piperazine rings is 1. The molecule has 2 atom stereocenters. The Morgan fingerprint density at radius 2 is 1.46 bits per heavy atom. The average Bonchev–Trinajstić information content (AvgIpc) is 2.51. The summed E-state index contributed by atoms with van der Waals surface area (Å²) >= 11 is 0. The van der Waals surface area contributed by atoms with Crippen molar-refractivity contribution in [3.63, 3.8) is 0 Å². The highest BCUT2D eigenvalue weighted by Crippen LogP contribution is 2.21. The van der Waals surface area contributed by atoms with Crippen LogP contribution in [0.1, 0.15) is 43.6 Å². The maximum absolute atomic E-state index is 10.5. The molecule has 2 rings (SSSR count). The fraction of sp³-hybridized carbons (Fsp3) is 0.700. The number of β-amino-alcohol motifs (C(OH)–C–C–N with tert-alkyl or cyclic N) is 2. The molecule has 0 bridgehead atoms. The van der Waals surface area contributed by atoms with Gasteiger partial charge in [-0.25, -0.2) is 0 Å². The van der Waals surface area contributed by atoms with Crippen LogP contribution in [0.4, 0.5) is 0 Å². The number of aliphatic hydroxyl groups excluding tert-OH is 2. The maximum Gasteiger partial charge on any atom is 0.0917 e. The van der Waals surface area contributed by atoms with Crippen LogP contribution >= 0.6 is 0 Å². The van der Waals surface area contributed by atoms with Crippen LogP contribution in [0, 0.1) is 19.3 Å². The lowest BCUT2D eigenvalue weighted by Gasteiger charge is -2.38. The van der Waals surface area contributed by atoms with E-state index < -0.39 is 6.10 Å². The zero-order valence-electron chi connectivity index (χ0n) is 15.9. The SMILES string of the molecule is Cc1ccc([C@H](O)CN2CCN(C[C@@H](O)C(C)(C)C)CC2)cc1C. The van der Waals surface area contributed by atoms with Gasteiger partial charge in [-0.05, 0) is 36.0 Å². The molecule has 1 aromatic carbocycles. The lowest BCUT2D eigenvalue weighted by Crippen LogP contribution is -2.50. The number of nitrogens with zero attached hydrogens (tertiary/aromatic N) is 2. The lowest BCUT2D eigenvalue weighted by molar-refractivity contribution is 0.00718. The van der Waals surface area contributed by atoms with Gasteiger partial charge in [-0.1, -0.05) is 39.0 Å². The van der Waals surface area contributed by atoms with Crippen LogP contribution in [0.3, 0.4) is 0 Å². The molecule has 1 saturated heterocycles. The lowest BCUT2D eigenvalue weighted by atomic mass is 9.89. The van der Waals surface area contributed by atoms with Gasteiger partial charge >= 0.3 is 0 Å². The molecule has 0 aliphatic carbocycles. The Balaban J connectivity index is 1.81. The van der Waals surface area contributed by atoms with Crippen molar-refractivity contribution in [2.75, 3.05) is 39.3 Å². The second-order valence-electron chi connectivity index (χ2n) is 8.34. The molecule has 0 unspecified atom stereocenters. The highest BCUT2D eigenvalue weighted by molar-refractivity contribution is 5.31. The van der Waals surface area contributed by atoms with Gasteiger partial charge in [-0.3, -0.25) is 9.80 Å². The van der Waals surface area contributed by atoms with Gasteiger partial charge in [0, 0.05) is 39.3 Å². The first-order valence-corrected chi connectivity index (χ1v) is 9.05. The van der Waals surface area contributed by atoms with Crippen molar-refractivity contribution >= 4 is 0 Å². The molecule has 1 aliphatic rings. The molecule has 4 nitrogen and oxygen atoms in total. The van der Waals surface area contributed by atoms with E-state index in [1.165, 1.54) is 11.1 Å². The third-order valence-corrected chi connectivity index (χ3v) is 5.24. The van der Waals surface area contributed by atoms with E-state index in [1.54, 1.807) is 0 Å². The Kier molecular flexibility index (Phi) is 6.43. The fourth-order valence-corrected chi connectivity index (χ4v) is 2.99. The second kappa shape index (κ2) is 7.96. The first kappa shape index (κ1) is 19.4. The van der Waals surface area contributed by atoms with Gasteiger partial charge in [0.2, 0.25) is 0 Å². The van der Waals surface area contributed by atoms with Crippen LogP contribution in [-0.4, -0.2) is 65.4 Å². The van der Waals surface area contributed by atoms with Crippen LogP contribution in [0.15, 0.2) is 18.2 Å². The predicted octanol–water partition coefficient (Wildman–Crippen LogP) is 2.36. The summed E-state index contributed by atoms with van der Waals surface area (Å²) in [4.78, 5) is 4.65. The molecule has 0 spiro atoms. The quantitative estimate of drug-likeness (QED) is 0.868. The molecule has 4 heteroatoms. The molecule has 0 radical (unpaired) electrons. The zero-order valence-corrected chi connectivity index (χ0v) is 15.9. The number of rotatable bonds is 5. The molecule has 24 heavy (non-hydrogen) atoms. The van der Waals surface area contributed by atoms with E-state index in [0.29, 0.717) is 6.54 Å². The van der Waals surface area contributed by atoms with E-state index in [0.717, 1.165) is 38.3 Å². The van der Waals surface area contributed by atoms with Crippen LogP contribution < -0.4 is 0 Å². The highest BCUT2D eigenvalue weighted by Gasteiger charge is 2.27. The van der Waals surface area contributed by atoms with Crippen LogP contribution in [0.2, 0.25) is 0 Å². The Hall–Kier alpha value is -0.940. The largest absolute Gasteiger partial charge is 0.391 e. The zero-order chi connectivity index (χ0) is 17.9. The van der Waals surface area contributed by atoms with Gasteiger partial charge in [0.25, 0.3) is 0 Å². The first-order chi connectivity index (χ1) is 11.2. The number of hydrogen-bond donors (Lipinski definition) is 2. The number of benzene rings is 1. The van der Waals surface area contributed by atoms with E-state index in [1.807, 2.05) is 6.07 Å². The average molecular weight is 335 g/mol. The van der Waals surface area contributed by atoms with Crippen LogP contribution in [0.25, 0.3) is 0 Å². The maximum atomic E-state index is 10.5. The van der Waals surface area contributed by atoms with Crippen molar-refractivity contribution in [3.05, 3.63) is 34.9 Å². The van der Waals surface area contributed by atoms with Crippen molar-refractivity contribution < 1.29 is 10.2 Å². The van der Waals surface area contributed by atoms with E-state index >= 15 is 0 Å². The monoisotopic (exact) mass is 334 g/mol. The molecule has 1 heterocycles. The van der Waals surface area contributed by atoms with Crippen LogP contribution in [0.5, 0.6) is 0 Å². The third-order valence-electron chi connectivity index (χ3n) is 5.24. The summed E-state index contributed by atoms with van der Waals surface area (Å²) < 4.78 is 0. The van der Waals surface area contributed by atoms with E-state index in [2.05, 4.69) is 56.6 Å². The van der Waals surface area contributed by atoms with Crippen molar-refractivity contribution in [2.45, 2.75) is 46.8 Å². The third kappa shape index (κ3) is 5.28. The van der Waals surface area contributed by atoms with Crippen LogP contribution in [-0.2, 0) is 0 Å². The minimum absolute atomic E-state index is 0.0728. The molecule has 0 amide bonds. The summed E-state index contributed by atoms with van der Waals surface area (Å²) in [6.45, 7) is 15.6. The molecule has 0 aromatic heterocycles. The van der Waals surface area contributed by atoms with Crippen molar-refractivity contribution in [1.29, 1.82) is 0 Å². The Morgan fingerprint density at radius 3 is 1.96 bits per heavy atom. The van der Waals surface area contributed by atoms with Gasteiger partial charge in [0.15, 0.2) is 0 Å². The summed E-state index contributed by atoms with van der Waals surface area (Å²) in [7, 11) is 0. The molecule has 0 saturated carbocycles. The fourth-order valence-electron chi connectivity index (χ4n) is 2.99. The van der Waals surface area contributed by atoms with Gasteiger partial charge < -0.3 is 10.2 Å². The van der Waals surface area contributed by atoms with Gasteiger partial charge in [0.1, 0.15) is 0 Å². The van der Waals surface area contributed by atoms with E-state index in [4.69, 9.17) is 0 Å². The van der Waals surface area contributed by atoms with E-state index in [9.17, 15) is 10.2 Å². The number of aryl methyl sites for hydroxylation is 2. The van der Waals surface area contributed by atoms with Gasteiger partial charge in [-0.15, -0.1) is 0 Å². The molecule has 1 aromatic rings.